The number of aryl methyl sites for hydroxylation is 1. The Balaban J connectivity index is 2.02. The van der Waals surface area contributed by atoms with Gasteiger partial charge in [0.2, 0.25) is 0 Å². The van der Waals surface area contributed by atoms with Crippen molar-refractivity contribution in [1.82, 2.24) is 0 Å². The number of halogens is 2. The molecule has 6 heteroatoms. The number of hydrogen-bond acceptors (Lipinski definition) is 4. The molecule has 0 radical (unpaired) electrons. The molecule has 1 aliphatic rings. The summed E-state index contributed by atoms with van der Waals surface area (Å²) in [6.07, 6.45) is 1.15. The second-order valence-electron chi connectivity index (χ2n) is 4.89. The second kappa shape index (κ2) is 6.50. The molecule has 1 atom stereocenters. The second-order valence-corrected chi connectivity index (χ2v) is 8.45. The first-order valence-electron chi connectivity index (χ1n) is 6.58. The summed E-state index contributed by atoms with van der Waals surface area (Å²) >= 11 is 13.5. The van der Waals surface area contributed by atoms with Crippen molar-refractivity contribution in [3.05, 3.63) is 48.6 Å². The van der Waals surface area contributed by atoms with Gasteiger partial charge in [0.05, 0.1) is 17.6 Å². The summed E-state index contributed by atoms with van der Waals surface area (Å²) in [6.45, 7) is 0. The minimum Gasteiger partial charge on any atom is -0.495 e. The standard InChI is InChI=1S/C15H15BrClNOS2/c1-19-15-10(5-9(17)6-11(15)16)14(18)13-4-8-7-20-3-2-12(8)21-13/h4-6,14H,2-3,7,18H2,1H3. The van der Waals surface area contributed by atoms with Crippen molar-refractivity contribution in [1.29, 1.82) is 0 Å². The van der Waals surface area contributed by atoms with E-state index in [1.54, 1.807) is 7.11 Å². The van der Waals surface area contributed by atoms with Crippen molar-refractivity contribution in [2.75, 3.05) is 12.9 Å². The number of hydrogen-bond donors (Lipinski definition) is 1. The topological polar surface area (TPSA) is 35.2 Å². The highest BCUT2D eigenvalue weighted by Gasteiger charge is 2.22. The third kappa shape index (κ3) is 3.13. The van der Waals surface area contributed by atoms with Gasteiger partial charge in [-0.1, -0.05) is 11.6 Å². The molecule has 0 saturated heterocycles. The van der Waals surface area contributed by atoms with Gasteiger partial charge in [-0.3, -0.25) is 0 Å². The number of benzene rings is 1. The fraction of sp³-hybridized carbons (Fsp3) is 0.333. The summed E-state index contributed by atoms with van der Waals surface area (Å²) in [6, 6.07) is 5.75. The predicted molar refractivity (Wildman–Crippen MR) is 95.9 cm³/mol. The van der Waals surface area contributed by atoms with Gasteiger partial charge < -0.3 is 10.5 Å². The molecule has 2 nitrogen and oxygen atoms in total. The van der Waals surface area contributed by atoms with Crippen molar-refractivity contribution >= 4 is 50.6 Å². The van der Waals surface area contributed by atoms with E-state index in [0.717, 1.165) is 28.0 Å². The van der Waals surface area contributed by atoms with Gasteiger partial charge in [-0.05, 0) is 51.9 Å². The van der Waals surface area contributed by atoms with Crippen LogP contribution in [-0.4, -0.2) is 12.9 Å². The van der Waals surface area contributed by atoms with Gasteiger partial charge >= 0.3 is 0 Å². The van der Waals surface area contributed by atoms with Crippen LogP contribution in [-0.2, 0) is 12.2 Å². The van der Waals surface area contributed by atoms with E-state index in [0.29, 0.717) is 5.02 Å². The Morgan fingerprint density at radius 2 is 2.19 bits per heavy atom. The molecule has 1 unspecified atom stereocenters. The molecule has 1 aromatic heterocycles. The number of ether oxygens (including phenoxy) is 1. The van der Waals surface area contributed by atoms with E-state index in [1.165, 1.54) is 21.1 Å². The molecule has 2 N–H and O–H groups in total. The first kappa shape index (κ1) is 15.7. The Kier molecular flexibility index (Phi) is 4.86. The quantitative estimate of drug-likeness (QED) is 0.781. The normalized spacial score (nSPS) is 15.6. The monoisotopic (exact) mass is 403 g/mol. The fourth-order valence-corrected chi connectivity index (χ4v) is 5.90. The van der Waals surface area contributed by atoms with Gasteiger partial charge in [-0.2, -0.15) is 11.8 Å². The van der Waals surface area contributed by atoms with Crippen molar-refractivity contribution in [2.45, 2.75) is 18.2 Å². The van der Waals surface area contributed by atoms with E-state index < -0.39 is 0 Å². The number of thioether (sulfide) groups is 1. The lowest BCUT2D eigenvalue weighted by molar-refractivity contribution is 0.405. The van der Waals surface area contributed by atoms with E-state index in [-0.39, 0.29) is 6.04 Å². The Morgan fingerprint density at radius 3 is 2.90 bits per heavy atom. The summed E-state index contributed by atoms with van der Waals surface area (Å²) in [5.41, 5.74) is 8.84. The van der Waals surface area contributed by atoms with Gasteiger partial charge in [0, 0.05) is 26.1 Å². The lowest BCUT2D eigenvalue weighted by Gasteiger charge is -2.16. The Labute approximate surface area is 146 Å². The van der Waals surface area contributed by atoms with E-state index in [9.17, 15) is 0 Å². The molecule has 0 bridgehead atoms. The summed E-state index contributed by atoms with van der Waals surface area (Å²) in [5.74, 6) is 3.05. The van der Waals surface area contributed by atoms with E-state index in [4.69, 9.17) is 22.1 Å². The highest BCUT2D eigenvalue weighted by Crippen LogP contribution is 2.41. The van der Waals surface area contributed by atoms with Crippen molar-refractivity contribution < 1.29 is 4.74 Å². The summed E-state index contributed by atoms with van der Waals surface area (Å²) < 4.78 is 6.32. The van der Waals surface area contributed by atoms with Crippen molar-refractivity contribution in [3.63, 3.8) is 0 Å². The first-order valence-corrected chi connectivity index (χ1v) is 9.72. The van der Waals surface area contributed by atoms with Gasteiger partial charge in [-0.15, -0.1) is 11.3 Å². The minimum atomic E-state index is -0.212. The number of fused-ring (bicyclic) bond motifs is 1. The summed E-state index contributed by atoms with van der Waals surface area (Å²) in [5, 5.41) is 0.657. The molecule has 21 heavy (non-hydrogen) atoms. The van der Waals surface area contributed by atoms with Gasteiger partial charge in [0.1, 0.15) is 5.75 Å². The zero-order valence-electron chi connectivity index (χ0n) is 11.5. The average Bonchev–Trinajstić information content (AvgIpc) is 2.89. The lowest BCUT2D eigenvalue weighted by Crippen LogP contribution is -2.12. The molecule has 112 valence electrons. The van der Waals surface area contributed by atoms with Crippen LogP contribution in [0.3, 0.4) is 0 Å². The maximum Gasteiger partial charge on any atom is 0.138 e. The summed E-state index contributed by atoms with van der Waals surface area (Å²) in [7, 11) is 1.65. The fourth-order valence-electron chi connectivity index (χ4n) is 2.50. The van der Waals surface area contributed by atoms with Crippen molar-refractivity contribution in [2.24, 2.45) is 5.73 Å². The number of thiophene rings is 1. The molecule has 2 heterocycles. The molecule has 2 aromatic rings. The smallest absolute Gasteiger partial charge is 0.138 e. The first-order chi connectivity index (χ1) is 10.1. The average molecular weight is 405 g/mol. The van der Waals surface area contributed by atoms with E-state index in [1.807, 2.05) is 35.2 Å². The third-order valence-electron chi connectivity index (χ3n) is 3.53. The van der Waals surface area contributed by atoms with Gasteiger partial charge in [-0.25, -0.2) is 0 Å². The molecule has 0 spiro atoms. The largest absolute Gasteiger partial charge is 0.495 e. The molecule has 1 aromatic carbocycles. The number of rotatable bonds is 3. The van der Waals surface area contributed by atoms with Crippen LogP contribution in [0.2, 0.25) is 5.02 Å². The molecule has 0 fully saturated rings. The van der Waals surface area contributed by atoms with Crippen LogP contribution in [0.4, 0.5) is 0 Å². The van der Waals surface area contributed by atoms with Crippen LogP contribution < -0.4 is 10.5 Å². The van der Waals surface area contributed by atoms with Gasteiger partial charge in [0.15, 0.2) is 0 Å². The molecular formula is C15H15BrClNOS2. The molecule has 0 saturated carbocycles. The minimum absolute atomic E-state index is 0.212. The number of nitrogens with two attached hydrogens (primary N) is 1. The van der Waals surface area contributed by atoms with Gasteiger partial charge in [0.25, 0.3) is 0 Å². The predicted octanol–water partition coefficient (Wildman–Crippen LogP) is 5.01. The van der Waals surface area contributed by atoms with Crippen LogP contribution in [0.15, 0.2) is 22.7 Å². The van der Waals surface area contributed by atoms with Crippen molar-refractivity contribution in [3.8, 4) is 5.75 Å². The summed E-state index contributed by atoms with van der Waals surface area (Å²) in [4.78, 5) is 2.65. The maximum absolute atomic E-state index is 6.49. The molecule has 1 aliphatic heterocycles. The van der Waals surface area contributed by atoms with Crippen LogP contribution in [0, 0.1) is 0 Å². The highest BCUT2D eigenvalue weighted by atomic mass is 79.9. The Hall–Kier alpha value is -0.200. The van der Waals surface area contributed by atoms with E-state index in [2.05, 4.69) is 22.0 Å². The molecule has 3 rings (SSSR count). The molecular weight excluding hydrogens is 390 g/mol. The number of methoxy groups -OCH3 is 1. The van der Waals surface area contributed by atoms with Crippen LogP contribution in [0.5, 0.6) is 5.75 Å². The van der Waals surface area contributed by atoms with Crippen LogP contribution in [0.25, 0.3) is 0 Å². The third-order valence-corrected chi connectivity index (χ3v) is 6.66. The lowest BCUT2D eigenvalue weighted by atomic mass is 10.0. The molecule has 0 amide bonds. The van der Waals surface area contributed by atoms with Crippen LogP contribution in [0.1, 0.15) is 26.9 Å². The van der Waals surface area contributed by atoms with Crippen LogP contribution >= 0.6 is 50.6 Å². The highest BCUT2D eigenvalue weighted by molar-refractivity contribution is 9.10. The Morgan fingerprint density at radius 1 is 1.38 bits per heavy atom. The Bertz CT molecular complexity index is 650. The van der Waals surface area contributed by atoms with E-state index >= 15 is 0 Å². The zero-order chi connectivity index (χ0) is 15.0. The maximum atomic E-state index is 6.49. The zero-order valence-corrected chi connectivity index (χ0v) is 15.5. The SMILES string of the molecule is COc1c(Br)cc(Cl)cc1C(N)c1cc2c(s1)CCSC2. The molecule has 0 aliphatic carbocycles.